The van der Waals surface area contributed by atoms with Gasteiger partial charge in [-0.15, -0.1) is 0 Å². The molecule has 2 rings (SSSR count). The topological polar surface area (TPSA) is 35.0 Å². The Hall–Kier alpha value is -1.71. The van der Waals surface area contributed by atoms with E-state index in [4.69, 9.17) is 4.74 Å². The molecule has 14 heavy (non-hydrogen) atoms. The third-order valence-corrected chi connectivity index (χ3v) is 1.95. The minimum absolute atomic E-state index is 0.309. The van der Waals surface area contributed by atoms with Crippen LogP contribution in [0.25, 0.3) is 11.0 Å². The molecule has 2 aromatic rings. The third kappa shape index (κ3) is 1.39. The monoisotopic (exact) mass is 192 g/mol. The lowest BCUT2D eigenvalue weighted by Crippen LogP contribution is -1.95. The molecule has 4 heteroatoms. The molecule has 0 bridgehead atoms. The average Bonchev–Trinajstić information content (AvgIpc) is 2.16. The third-order valence-electron chi connectivity index (χ3n) is 1.95. The fourth-order valence-corrected chi connectivity index (χ4v) is 1.29. The normalized spacial score (nSPS) is 10.5. The number of benzene rings is 1. The summed E-state index contributed by atoms with van der Waals surface area (Å²) in [7, 11) is 1.53. The van der Waals surface area contributed by atoms with Crippen LogP contribution in [0.4, 0.5) is 4.39 Å². The van der Waals surface area contributed by atoms with Crippen molar-refractivity contribution >= 4 is 11.0 Å². The molecule has 3 nitrogen and oxygen atoms in total. The Bertz CT molecular complexity index is 485. The van der Waals surface area contributed by atoms with Gasteiger partial charge in [0, 0.05) is 6.07 Å². The summed E-state index contributed by atoms with van der Waals surface area (Å²) in [6.07, 6.45) is 0. The SMILES string of the molecule is COc1nc2ccc(F)cc2nc1C. The fraction of sp³-hybridized carbons (Fsp3) is 0.200. The van der Waals surface area contributed by atoms with Crippen LogP contribution >= 0.6 is 0 Å². The fourth-order valence-electron chi connectivity index (χ4n) is 1.29. The smallest absolute Gasteiger partial charge is 0.235 e. The summed E-state index contributed by atoms with van der Waals surface area (Å²) in [6, 6.07) is 4.29. The van der Waals surface area contributed by atoms with E-state index in [9.17, 15) is 4.39 Å². The number of fused-ring (bicyclic) bond motifs is 1. The lowest BCUT2D eigenvalue weighted by molar-refractivity contribution is 0.394. The average molecular weight is 192 g/mol. The maximum Gasteiger partial charge on any atom is 0.235 e. The van der Waals surface area contributed by atoms with Crippen LogP contribution in [0.5, 0.6) is 5.88 Å². The molecule has 0 radical (unpaired) electrons. The van der Waals surface area contributed by atoms with Crippen molar-refractivity contribution in [3.63, 3.8) is 0 Å². The number of hydrogen-bond donors (Lipinski definition) is 0. The predicted octanol–water partition coefficient (Wildman–Crippen LogP) is 2.09. The summed E-state index contributed by atoms with van der Waals surface area (Å²) in [5.74, 6) is 0.167. The van der Waals surface area contributed by atoms with Crippen LogP contribution in [0.2, 0.25) is 0 Å². The van der Waals surface area contributed by atoms with Gasteiger partial charge in [0.1, 0.15) is 11.5 Å². The minimum atomic E-state index is -0.309. The van der Waals surface area contributed by atoms with Gasteiger partial charge in [0.2, 0.25) is 5.88 Å². The Balaban J connectivity index is 2.73. The summed E-state index contributed by atoms with van der Waals surface area (Å²) in [4.78, 5) is 8.36. The van der Waals surface area contributed by atoms with Gasteiger partial charge in [-0.25, -0.2) is 14.4 Å². The van der Waals surface area contributed by atoms with E-state index in [-0.39, 0.29) is 5.82 Å². The minimum Gasteiger partial charge on any atom is -0.480 e. The van der Waals surface area contributed by atoms with Crippen molar-refractivity contribution in [3.05, 3.63) is 29.7 Å². The van der Waals surface area contributed by atoms with Crippen molar-refractivity contribution in [1.29, 1.82) is 0 Å². The number of rotatable bonds is 1. The van der Waals surface area contributed by atoms with Crippen molar-refractivity contribution < 1.29 is 9.13 Å². The van der Waals surface area contributed by atoms with E-state index >= 15 is 0 Å². The molecule has 1 heterocycles. The number of aromatic nitrogens is 2. The van der Waals surface area contributed by atoms with Gasteiger partial charge in [0.25, 0.3) is 0 Å². The molecule has 0 atom stereocenters. The van der Waals surface area contributed by atoms with E-state index in [2.05, 4.69) is 9.97 Å². The van der Waals surface area contributed by atoms with Crippen LogP contribution in [0.3, 0.4) is 0 Å². The molecule has 1 aromatic carbocycles. The van der Waals surface area contributed by atoms with Gasteiger partial charge in [-0.3, -0.25) is 0 Å². The highest BCUT2D eigenvalue weighted by Crippen LogP contribution is 2.18. The van der Waals surface area contributed by atoms with Crippen LogP contribution in [0.15, 0.2) is 18.2 Å². The molecule has 0 unspecified atom stereocenters. The molecule has 72 valence electrons. The number of aryl methyl sites for hydroxylation is 1. The van der Waals surface area contributed by atoms with Gasteiger partial charge >= 0.3 is 0 Å². The number of ether oxygens (including phenoxy) is 1. The summed E-state index contributed by atoms with van der Waals surface area (Å²) < 4.78 is 17.9. The Labute approximate surface area is 80.6 Å². The van der Waals surface area contributed by atoms with Gasteiger partial charge in [0.15, 0.2) is 0 Å². The first-order chi connectivity index (χ1) is 6.70. The van der Waals surface area contributed by atoms with Crippen LogP contribution in [0, 0.1) is 12.7 Å². The molecular weight excluding hydrogens is 183 g/mol. The first-order valence-corrected chi connectivity index (χ1v) is 4.18. The van der Waals surface area contributed by atoms with E-state index in [1.165, 1.54) is 19.2 Å². The molecule has 0 spiro atoms. The number of halogens is 1. The zero-order valence-corrected chi connectivity index (χ0v) is 7.91. The number of methoxy groups -OCH3 is 1. The Kier molecular flexibility index (Phi) is 2.04. The second kappa shape index (κ2) is 3.21. The number of hydrogen-bond acceptors (Lipinski definition) is 3. The molecule has 0 N–H and O–H groups in total. The molecule has 0 aliphatic rings. The van der Waals surface area contributed by atoms with Crippen molar-refractivity contribution in [2.75, 3.05) is 7.11 Å². The second-order valence-electron chi connectivity index (χ2n) is 2.95. The van der Waals surface area contributed by atoms with E-state index in [0.717, 1.165) is 0 Å². The number of nitrogens with zero attached hydrogens (tertiary/aromatic N) is 2. The maximum atomic E-state index is 12.9. The lowest BCUT2D eigenvalue weighted by atomic mass is 10.3. The molecule has 0 fully saturated rings. The summed E-state index contributed by atoms with van der Waals surface area (Å²) in [5, 5.41) is 0. The highest BCUT2D eigenvalue weighted by Gasteiger charge is 2.05. The maximum absolute atomic E-state index is 12.9. The van der Waals surface area contributed by atoms with Crippen molar-refractivity contribution in [2.45, 2.75) is 6.92 Å². The van der Waals surface area contributed by atoms with Crippen LogP contribution in [0.1, 0.15) is 5.69 Å². The summed E-state index contributed by atoms with van der Waals surface area (Å²) >= 11 is 0. The second-order valence-corrected chi connectivity index (χ2v) is 2.95. The van der Waals surface area contributed by atoms with Crippen molar-refractivity contribution in [3.8, 4) is 5.88 Å². The molecule has 1 aromatic heterocycles. The zero-order valence-electron chi connectivity index (χ0n) is 7.91. The lowest BCUT2D eigenvalue weighted by Gasteiger charge is -2.04. The van der Waals surface area contributed by atoms with Crippen LogP contribution in [-0.4, -0.2) is 17.1 Å². The molecule has 0 aliphatic heterocycles. The highest BCUT2D eigenvalue weighted by atomic mass is 19.1. The standard InChI is InChI=1S/C10H9FN2O/c1-6-10(14-2)13-8-4-3-7(11)5-9(8)12-6/h3-5H,1-2H3. The largest absolute Gasteiger partial charge is 0.480 e. The van der Waals surface area contributed by atoms with Gasteiger partial charge in [0.05, 0.1) is 18.1 Å². The highest BCUT2D eigenvalue weighted by molar-refractivity contribution is 5.74. The van der Waals surface area contributed by atoms with Gasteiger partial charge in [-0.05, 0) is 19.1 Å². The summed E-state index contributed by atoms with van der Waals surface area (Å²) in [6.45, 7) is 1.77. The van der Waals surface area contributed by atoms with Crippen molar-refractivity contribution in [1.82, 2.24) is 9.97 Å². The first kappa shape index (κ1) is 8.87. The molecule has 0 saturated heterocycles. The first-order valence-electron chi connectivity index (χ1n) is 4.18. The van der Waals surface area contributed by atoms with E-state index in [1.807, 2.05) is 0 Å². The van der Waals surface area contributed by atoms with E-state index in [1.54, 1.807) is 13.0 Å². The molecular formula is C10H9FN2O. The molecule has 0 amide bonds. The quantitative estimate of drug-likeness (QED) is 0.693. The Morgan fingerprint density at radius 2 is 2.00 bits per heavy atom. The van der Waals surface area contributed by atoms with Gasteiger partial charge < -0.3 is 4.74 Å². The van der Waals surface area contributed by atoms with Gasteiger partial charge in [-0.1, -0.05) is 0 Å². The zero-order chi connectivity index (χ0) is 10.1. The summed E-state index contributed by atoms with van der Waals surface area (Å²) in [5.41, 5.74) is 1.84. The predicted molar refractivity (Wildman–Crippen MR) is 50.8 cm³/mol. The Morgan fingerprint density at radius 3 is 2.71 bits per heavy atom. The molecule has 0 saturated carbocycles. The Morgan fingerprint density at radius 1 is 1.21 bits per heavy atom. The van der Waals surface area contributed by atoms with E-state index < -0.39 is 0 Å². The van der Waals surface area contributed by atoms with Gasteiger partial charge in [-0.2, -0.15) is 0 Å². The van der Waals surface area contributed by atoms with Crippen LogP contribution in [-0.2, 0) is 0 Å². The van der Waals surface area contributed by atoms with Crippen molar-refractivity contribution in [2.24, 2.45) is 0 Å². The van der Waals surface area contributed by atoms with Crippen LogP contribution < -0.4 is 4.74 Å². The molecule has 0 aliphatic carbocycles. The van der Waals surface area contributed by atoms with E-state index in [0.29, 0.717) is 22.6 Å².